The molecule has 2 N–H and O–H groups in total. The van der Waals surface area contributed by atoms with Gasteiger partial charge in [0.15, 0.2) is 5.82 Å². The summed E-state index contributed by atoms with van der Waals surface area (Å²) in [5.41, 5.74) is 8.03. The number of rotatable bonds is 2. The summed E-state index contributed by atoms with van der Waals surface area (Å²) >= 11 is 3.24. The molecule has 2 aromatic carbocycles. The van der Waals surface area contributed by atoms with Crippen LogP contribution in [0.3, 0.4) is 0 Å². The molecule has 2 atom stereocenters. The first kappa shape index (κ1) is 13.4. The zero-order valence-electron chi connectivity index (χ0n) is 11.1. The van der Waals surface area contributed by atoms with Gasteiger partial charge in [0.2, 0.25) is 0 Å². The molecule has 2 aromatic rings. The number of benzene rings is 2. The maximum atomic E-state index is 13.8. The number of nitrogens with two attached hydrogens (primary N) is 1. The van der Waals surface area contributed by atoms with Crippen LogP contribution in [-0.2, 0) is 6.42 Å². The van der Waals surface area contributed by atoms with Crippen LogP contribution in [0.2, 0.25) is 0 Å². The lowest BCUT2D eigenvalue weighted by Crippen LogP contribution is -2.19. The lowest BCUT2D eigenvalue weighted by Gasteiger charge is -2.15. The molecular weight excluding hydrogens is 321 g/mol. The predicted octanol–water partition coefficient (Wildman–Crippen LogP) is 4.28. The number of anilines is 1. The molecule has 0 saturated heterocycles. The molecule has 104 valence electrons. The zero-order valence-corrected chi connectivity index (χ0v) is 12.7. The zero-order chi connectivity index (χ0) is 14.3. The summed E-state index contributed by atoms with van der Waals surface area (Å²) < 4.78 is 20.1. The summed E-state index contributed by atoms with van der Waals surface area (Å²) in [6, 6.07) is 11.8. The van der Waals surface area contributed by atoms with Gasteiger partial charge < -0.3 is 10.5 Å². The van der Waals surface area contributed by atoms with E-state index in [0.29, 0.717) is 10.2 Å². The summed E-state index contributed by atoms with van der Waals surface area (Å²) in [7, 11) is 0. The van der Waals surface area contributed by atoms with Crippen molar-refractivity contribution in [2.45, 2.75) is 25.4 Å². The van der Waals surface area contributed by atoms with Crippen LogP contribution in [0.4, 0.5) is 10.1 Å². The van der Waals surface area contributed by atoms with Gasteiger partial charge in [0.25, 0.3) is 0 Å². The van der Waals surface area contributed by atoms with Crippen molar-refractivity contribution in [3.05, 3.63) is 57.8 Å². The van der Waals surface area contributed by atoms with Gasteiger partial charge in [-0.2, -0.15) is 0 Å². The fourth-order valence-electron chi connectivity index (χ4n) is 2.63. The Morgan fingerprint density at radius 3 is 2.70 bits per heavy atom. The average Bonchev–Trinajstić information content (AvgIpc) is 2.75. The Hall–Kier alpha value is -1.55. The quantitative estimate of drug-likeness (QED) is 0.831. The molecule has 0 aromatic heterocycles. The van der Waals surface area contributed by atoms with Gasteiger partial charge in [-0.25, -0.2) is 4.39 Å². The number of halogens is 2. The minimum atomic E-state index is -0.448. The lowest BCUT2D eigenvalue weighted by molar-refractivity contribution is 0.209. The highest BCUT2D eigenvalue weighted by Crippen LogP contribution is 2.46. The van der Waals surface area contributed by atoms with E-state index < -0.39 is 5.82 Å². The Balaban J connectivity index is 1.91. The molecule has 0 aliphatic carbocycles. The van der Waals surface area contributed by atoms with Gasteiger partial charge in [-0.1, -0.05) is 37.3 Å². The van der Waals surface area contributed by atoms with Gasteiger partial charge in [0.05, 0.1) is 10.2 Å². The summed E-state index contributed by atoms with van der Waals surface area (Å²) in [6.07, 6.45) is 0.801. The van der Waals surface area contributed by atoms with Gasteiger partial charge in [-0.15, -0.1) is 0 Å². The van der Waals surface area contributed by atoms with Crippen molar-refractivity contribution < 1.29 is 9.13 Å². The number of hydrogen-bond acceptors (Lipinski definition) is 2. The number of hydrogen-bond donors (Lipinski definition) is 1. The Kier molecular flexibility index (Phi) is 3.42. The molecule has 0 fully saturated rings. The smallest absolute Gasteiger partial charge is 0.164 e. The Labute approximate surface area is 125 Å². The van der Waals surface area contributed by atoms with E-state index in [2.05, 4.69) is 35.0 Å². The Morgan fingerprint density at radius 2 is 2.00 bits per heavy atom. The van der Waals surface area contributed by atoms with Crippen molar-refractivity contribution in [3.8, 4) is 5.75 Å². The van der Waals surface area contributed by atoms with Crippen LogP contribution in [-0.4, -0.2) is 6.10 Å². The van der Waals surface area contributed by atoms with Crippen molar-refractivity contribution in [1.29, 1.82) is 0 Å². The third-order valence-electron chi connectivity index (χ3n) is 3.82. The number of nitrogen functional groups attached to an aromatic ring is 1. The molecular formula is C16H15BrFNO. The monoisotopic (exact) mass is 335 g/mol. The number of ether oxygens (including phenoxy) is 1. The first-order chi connectivity index (χ1) is 9.58. The normalized spacial score (nSPS) is 20.6. The topological polar surface area (TPSA) is 35.2 Å². The average molecular weight is 336 g/mol. The van der Waals surface area contributed by atoms with Crippen molar-refractivity contribution in [1.82, 2.24) is 0 Å². The van der Waals surface area contributed by atoms with Crippen molar-refractivity contribution in [2.24, 2.45) is 0 Å². The molecule has 0 radical (unpaired) electrons. The van der Waals surface area contributed by atoms with Crippen molar-refractivity contribution in [2.75, 3.05) is 5.73 Å². The van der Waals surface area contributed by atoms with Crippen molar-refractivity contribution >= 4 is 21.6 Å². The summed E-state index contributed by atoms with van der Waals surface area (Å²) in [6.45, 7) is 2.09. The Bertz CT molecular complexity index is 645. The van der Waals surface area contributed by atoms with Crippen LogP contribution in [0.5, 0.6) is 5.75 Å². The van der Waals surface area contributed by atoms with Crippen LogP contribution < -0.4 is 10.5 Å². The van der Waals surface area contributed by atoms with Crippen LogP contribution in [0.1, 0.15) is 24.0 Å². The molecule has 0 amide bonds. The van der Waals surface area contributed by atoms with E-state index in [0.717, 1.165) is 12.0 Å². The Morgan fingerprint density at radius 1 is 1.30 bits per heavy atom. The molecule has 1 aliphatic rings. The first-order valence-corrected chi connectivity index (χ1v) is 7.35. The molecule has 4 heteroatoms. The maximum absolute atomic E-state index is 13.8. The third kappa shape index (κ3) is 2.18. The van der Waals surface area contributed by atoms with E-state index in [9.17, 15) is 4.39 Å². The second kappa shape index (κ2) is 5.09. The van der Waals surface area contributed by atoms with E-state index in [1.807, 2.05) is 18.2 Å². The molecule has 0 saturated carbocycles. The summed E-state index contributed by atoms with van der Waals surface area (Å²) in [5.74, 6) is 0.325. The second-order valence-electron chi connectivity index (χ2n) is 5.15. The highest BCUT2D eigenvalue weighted by Gasteiger charge is 2.34. The summed E-state index contributed by atoms with van der Waals surface area (Å²) in [4.78, 5) is 0. The second-order valence-corrected chi connectivity index (χ2v) is 5.94. The van der Waals surface area contributed by atoms with E-state index in [1.165, 1.54) is 5.56 Å². The molecule has 3 rings (SSSR count). The number of fused-ring (bicyclic) bond motifs is 1. The molecule has 1 heterocycles. The summed E-state index contributed by atoms with van der Waals surface area (Å²) in [5, 5.41) is 0. The fourth-order valence-corrected chi connectivity index (χ4v) is 3.18. The molecule has 0 bridgehead atoms. The standard InChI is InChI=1S/C16H15BrFNO/c1-9-11-8-12(19)15(18)14(17)16(11)20-13(9)7-10-5-3-2-4-6-10/h2-6,8-9,13H,7,19H2,1H3. The van der Waals surface area contributed by atoms with Crippen LogP contribution in [0.25, 0.3) is 0 Å². The molecule has 2 nitrogen and oxygen atoms in total. The predicted molar refractivity (Wildman–Crippen MR) is 81.5 cm³/mol. The lowest BCUT2D eigenvalue weighted by atomic mass is 9.93. The van der Waals surface area contributed by atoms with E-state index in [1.54, 1.807) is 6.07 Å². The highest BCUT2D eigenvalue weighted by molar-refractivity contribution is 9.10. The SMILES string of the molecule is CC1c2cc(N)c(F)c(Br)c2OC1Cc1ccccc1. The van der Waals surface area contributed by atoms with Gasteiger partial charge in [0, 0.05) is 17.9 Å². The minimum absolute atomic E-state index is 0.00454. The largest absolute Gasteiger partial charge is 0.488 e. The highest BCUT2D eigenvalue weighted by atomic mass is 79.9. The molecule has 2 unspecified atom stereocenters. The molecule has 0 spiro atoms. The van der Waals surface area contributed by atoms with Crippen LogP contribution >= 0.6 is 15.9 Å². The molecule has 1 aliphatic heterocycles. The van der Waals surface area contributed by atoms with E-state index >= 15 is 0 Å². The van der Waals surface area contributed by atoms with Gasteiger partial charge in [-0.3, -0.25) is 0 Å². The third-order valence-corrected chi connectivity index (χ3v) is 4.52. The molecule has 20 heavy (non-hydrogen) atoms. The van der Waals surface area contributed by atoms with Gasteiger partial charge in [0.1, 0.15) is 11.9 Å². The van der Waals surface area contributed by atoms with E-state index in [-0.39, 0.29) is 17.7 Å². The van der Waals surface area contributed by atoms with Gasteiger partial charge >= 0.3 is 0 Å². The van der Waals surface area contributed by atoms with Crippen LogP contribution in [0, 0.1) is 5.82 Å². The van der Waals surface area contributed by atoms with Gasteiger partial charge in [-0.05, 0) is 27.6 Å². The first-order valence-electron chi connectivity index (χ1n) is 6.56. The van der Waals surface area contributed by atoms with Crippen LogP contribution in [0.15, 0.2) is 40.9 Å². The maximum Gasteiger partial charge on any atom is 0.164 e. The van der Waals surface area contributed by atoms with E-state index in [4.69, 9.17) is 10.5 Å². The van der Waals surface area contributed by atoms with Crippen molar-refractivity contribution in [3.63, 3.8) is 0 Å². The minimum Gasteiger partial charge on any atom is -0.488 e. The fraction of sp³-hybridized carbons (Fsp3) is 0.250.